The van der Waals surface area contributed by atoms with Crippen LogP contribution in [0.5, 0.6) is 0 Å². The predicted octanol–water partition coefficient (Wildman–Crippen LogP) is 0.866. The van der Waals surface area contributed by atoms with Crippen molar-refractivity contribution in [1.29, 1.82) is 0 Å². The molecule has 0 bridgehead atoms. The van der Waals surface area contributed by atoms with Crippen molar-refractivity contribution in [3.8, 4) is 0 Å². The van der Waals surface area contributed by atoms with Gasteiger partial charge in [-0.05, 0) is 19.8 Å². The quantitative estimate of drug-likeness (QED) is 0.807. The molecule has 0 aromatic carbocycles. The van der Waals surface area contributed by atoms with E-state index in [-0.39, 0.29) is 24.6 Å². The number of nitrogens with one attached hydrogen (secondary N) is 2. The summed E-state index contributed by atoms with van der Waals surface area (Å²) in [7, 11) is 0. The van der Waals surface area contributed by atoms with Crippen molar-refractivity contribution >= 4 is 11.9 Å². The Balaban J connectivity index is 1.92. The topological polar surface area (TPSA) is 70.7 Å². The number of rotatable bonds is 3. The average molecular weight is 283 g/mol. The number of carbonyl (C=O) groups is 2. The van der Waals surface area contributed by atoms with Crippen molar-refractivity contribution in [1.82, 2.24) is 15.5 Å². The maximum atomic E-state index is 12.4. The lowest BCUT2D eigenvalue weighted by Gasteiger charge is -2.36. The molecule has 2 N–H and O–H groups in total. The normalized spacial score (nSPS) is 24.2. The van der Waals surface area contributed by atoms with Crippen molar-refractivity contribution in [3.63, 3.8) is 0 Å². The molecule has 6 nitrogen and oxygen atoms in total. The van der Waals surface area contributed by atoms with Crippen LogP contribution in [0.15, 0.2) is 0 Å². The van der Waals surface area contributed by atoms with Gasteiger partial charge in [0.2, 0.25) is 5.91 Å². The summed E-state index contributed by atoms with van der Waals surface area (Å²) in [5.41, 5.74) is 0. The molecule has 6 heteroatoms. The van der Waals surface area contributed by atoms with E-state index in [4.69, 9.17) is 4.74 Å². The molecule has 114 valence electrons. The second-order valence-corrected chi connectivity index (χ2v) is 5.46. The van der Waals surface area contributed by atoms with E-state index in [1.807, 2.05) is 6.92 Å². The zero-order valence-corrected chi connectivity index (χ0v) is 12.2. The largest absolute Gasteiger partial charge is 0.377 e. The molecule has 2 fully saturated rings. The van der Waals surface area contributed by atoms with Crippen molar-refractivity contribution in [3.05, 3.63) is 0 Å². The van der Waals surface area contributed by atoms with Gasteiger partial charge >= 0.3 is 6.03 Å². The lowest BCUT2D eigenvalue weighted by Crippen LogP contribution is -2.59. The van der Waals surface area contributed by atoms with Gasteiger partial charge in [0.15, 0.2) is 0 Å². The maximum Gasteiger partial charge on any atom is 0.318 e. The lowest BCUT2D eigenvalue weighted by atomic mass is 9.96. The van der Waals surface area contributed by atoms with Gasteiger partial charge in [0, 0.05) is 19.1 Å². The van der Waals surface area contributed by atoms with Crippen LogP contribution in [0.2, 0.25) is 0 Å². The molecule has 2 aliphatic rings. The molecule has 1 aliphatic heterocycles. The maximum absolute atomic E-state index is 12.4. The summed E-state index contributed by atoms with van der Waals surface area (Å²) in [6.07, 6.45) is 5.69. The molecule has 0 spiro atoms. The molecule has 20 heavy (non-hydrogen) atoms. The number of hydrogen-bond donors (Lipinski definition) is 2. The standard InChI is InChI=1S/C14H25N3O3/c1-2-15-13(18)12-10-20-9-8-17(12)14(19)16-11-6-4-3-5-7-11/h11-12H,2-10H2,1H3,(H,15,18)(H,16,19). The molecule has 1 aliphatic carbocycles. The van der Waals surface area contributed by atoms with Crippen LogP contribution in [0.3, 0.4) is 0 Å². The van der Waals surface area contributed by atoms with Crippen LogP contribution in [-0.2, 0) is 9.53 Å². The summed E-state index contributed by atoms with van der Waals surface area (Å²) >= 11 is 0. The van der Waals surface area contributed by atoms with E-state index in [9.17, 15) is 9.59 Å². The van der Waals surface area contributed by atoms with E-state index in [0.29, 0.717) is 19.7 Å². The Labute approximate surface area is 120 Å². The van der Waals surface area contributed by atoms with Gasteiger partial charge in [0.25, 0.3) is 0 Å². The molecule has 0 radical (unpaired) electrons. The van der Waals surface area contributed by atoms with Crippen LogP contribution in [0, 0.1) is 0 Å². The number of likely N-dealkylation sites (N-methyl/N-ethyl adjacent to an activating group) is 1. The highest BCUT2D eigenvalue weighted by Gasteiger charge is 2.33. The van der Waals surface area contributed by atoms with Gasteiger partial charge in [0.1, 0.15) is 6.04 Å². The Morgan fingerprint density at radius 3 is 2.70 bits per heavy atom. The second kappa shape index (κ2) is 7.47. The fourth-order valence-corrected chi connectivity index (χ4v) is 2.86. The fourth-order valence-electron chi connectivity index (χ4n) is 2.86. The summed E-state index contributed by atoms with van der Waals surface area (Å²) in [5.74, 6) is -0.133. The third-order valence-electron chi connectivity index (χ3n) is 3.98. The zero-order chi connectivity index (χ0) is 14.4. The van der Waals surface area contributed by atoms with Gasteiger partial charge in [-0.15, -0.1) is 0 Å². The van der Waals surface area contributed by atoms with Crippen LogP contribution >= 0.6 is 0 Å². The van der Waals surface area contributed by atoms with Gasteiger partial charge in [-0.1, -0.05) is 19.3 Å². The molecule has 1 unspecified atom stereocenters. The number of amides is 3. The van der Waals surface area contributed by atoms with E-state index in [1.165, 1.54) is 19.3 Å². The highest BCUT2D eigenvalue weighted by Crippen LogP contribution is 2.18. The summed E-state index contributed by atoms with van der Waals surface area (Å²) < 4.78 is 5.34. The Morgan fingerprint density at radius 1 is 1.25 bits per heavy atom. The molecule has 1 atom stereocenters. The number of hydrogen-bond acceptors (Lipinski definition) is 3. The minimum Gasteiger partial charge on any atom is -0.377 e. The third kappa shape index (κ3) is 3.85. The monoisotopic (exact) mass is 283 g/mol. The van der Waals surface area contributed by atoms with Crippen molar-refractivity contribution in [2.45, 2.75) is 51.1 Å². The SMILES string of the molecule is CCNC(=O)C1COCCN1C(=O)NC1CCCCC1. The van der Waals surface area contributed by atoms with Crippen LogP contribution < -0.4 is 10.6 Å². The molecule has 2 rings (SSSR count). The molecule has 1 saturated carbocycles. The van der Waals surface area contributed by atoms with E-state index in [1.54, 1.807) is 4.90 Å². The Bertz CT molecular complexity index is 343. The summed E-state index contributed by atoms with van der Waals surface area (Å²) in [6, 6.07) is -0.377. The number of ether oxygens (including phenoxy) is 1. The van der Waals surface area contributed by atoms with Gasteiger partial charge in [-0.25, -0.2) is 4.79 Å². The van der Waals surface area contributed by atoms with Crippen molar-refractivity contribution in [2.24, 2.45) is 0 Å². The Morgan fingerprint density at radius 2 is 2.00 bits per heavy atom. The van der Waals surface area contributed by atoms with Gasteiger partial charge in [-0.2, -0.15) is 0 Å². The van der Waals surface area contributed by atoms with Crippen LogP contribution in [0.4, 0.5) is 4.79 Å². The summed E-state index contributed by atoms with van der Waals surface area (Å²) in [4.78, 5) is 26.0. The van der Waals surface area contributed by atoms with E-state index in [2.05, 4.69) is 10.6 Å². The Kier molecular flexibility index (Phi) is 5.64. The number of urea groups is 1. The zero-order valence-electron chi connectivity index (χ0n) is 12.2. The van der Waals surface area contributed by atoms with Gasteiger partial charge in [0.05, 0.1) is 13.2 Å². The highest BCUT2D eigenvalue weighted by atomic mass is 16.5. The molecule has 1 heterocycles. The summed E-state index contributed by atoms with van der Waals surface area (Å²) in [5, 5.41) is 5.83. The van der Waals surface area contributed by atoms with Crippen LogP contribution in [-0.4, -0.2) is 55.2 Å². The molecule has 3 amide bonds. The first-order valence-electron chi connectivity index (χ1n) is 7.65. The number of carbonyl (C=O) groups excluding carboxylic acids is 2. The predicted molar refractivity (Wildman–Crippen MR) is 75.4 cm³/mol. The van der Waals surface area contributed by atoms with Crippen molar-refractivity contribution in [2.75, 3.05) is 26.3 Å². The minimum atomic E-state index is -0.507. The molecule has 1 saturated heterocycles. The molecule has 0 aromatic heterocycles. The first-order chi connectivity index (χ1) is 9.72. The molecular weight excluding hydrogens is 258 g/mol. The first kappa shape index (κ1) is 15.1. The highest BCUT2D eigenvalue weighted by molar-refractivity contribution is 5.87. The smallest absolute Gasteiger partial charge is 0.318 e. The minimum absolute atomic E-state index is 0.128. The second-order valence-electron chi connectivity index (χ2n) is 5.46. The van der Waals surface area contributed by atoms with E-state index in [0.717, 1.165) is 12.8 Å². The van der Waals surface area contributed by atoms with Gasteiger partial charge in [-0.3, -0.25) is 4.79 Å². The molecular formula is C14H25N3O3. The van der Waals surface area contributed by atoms with Crippen molar-refractivity contribution < 1.29 is 14.3 Å². The number of nitrogens with zero attached hydrogens (tertiary/aromatic N) is 1. The average Bonchev–Trinajstić information content (AvgIpc) is 2.48. The Hall–Kier alpha value is -1.30. The van der Waals surface area contributed by atoms with E-state index < -0.39 is 6.04 Å². The van der Waals surface area contributed by atoms with Crippen LogP contribution in [0.1, 0.15) is 39.0 Å². The molecule has 0 aromatic rings. The lowest BCUT2D eigenvalue weighted by molar-refractivity contribution is -0.130. The first-order valence-corrected chi connectivity index (χ1v) is 7.65. The third-order valence-corrected chi connectivity index (χ3v) is 3.98. The van der Waals surface area contributed by atoms with E-state index >= 15 is 0 Å². The summed E-state index contributed by atoms with van der Waals surface area (Å²) in [6.45, 7) is 3.68. The van der Waals surface area contributed by atoms with Gasteiger partial charge < -0.3 is 20.3 Å². The number of morpholine rings is 1. The van der Waals surface area contributed by atoms with Crippen LogP contribution in [0.25, 0.3) is 0 Å². The fraction of sp³-hybridized carbons (Fsp3) is 0.857.